The summed E-state index contributed by atoms with van der Waals surface area (Å²) in [5, 5.41) is 5.25. The molecule has 0 fully saturated rings. The van der Waals surface area contributed by atoms with Gasteiger partial charge in [-0.05, 0) is 43.3 Å². The first-order valence-corrected chi connectivity index (χ1v) is 11.7. The number of rotatable bonds is 8. The quantitative estimate of drug-likeness (QED) is 0.509. The number of carbonyl (C=O) groups excluding carboxylic acids is 1. The Balaban J connectivity index is 2.11. The number of ether oxygens (including phenoxy) is 3. The molecule has 0 unspecified atom stereocenters. The highest BCUT2D eigenvalue weighted by atomic mass is 32.2. The number of thiazole rings is 1. The fourth-order valence-corrected chi connectivity index (χ4v) is 4.66. The maximum Gasteiger partial charge on any atom is 0.279 e. The number of fused-ring (bicyclic) bond motifs is 1. The van der Waals surface area contributed by atoms with Gasteiger partial charge in [0.1, 0.15) is 0 Å². The van der Waals surface area contributed by atoms with Gasteiger partial charge in [0.05, 0.1) is 35.9 Å². The summed E-state index contributed by atoms with van der Waals surface area (Å²) in [4.78, 5) is 17.5. The van der Waals surface area contributed by atoms with Gasteiger partial charge in [0.25, 0.3) is 5.91 Å². The number of hydrogen-bond acceptors (Lipinski definition) is 7. The molecule has 2 aromatic carbocycles. The minimum absolute atomic E-state index is 0.00373. The Kier molecular flexibility index (Phi) is 7.11. The fourth-order valence-electron chi connectivity index (χ4n) is 2.95. The van der Waals surface area contributed by atoms with E-state index in [1.54, 1.807) is 24.3 Å². The SMILES string of the molecule is CCOCCn1c(=NC(=O)c2ccc(OC)c(OC)c2)sc2cc(S(N)(=O)=O)ccc21. The topological polar surface area (TPSA) is 122 Å². The van der Waals surface area contributed by atoms with Crippen molar-refractivity contribution in [3.8, 4) is 11.5 Å². The molecule has 9 nitrogen and oxygen atoms in total. The van der Waals surface area contributed by atoms with Crippen LogP contribution in [0.1, 0.15) is 17.3 Å². The molecule has 0 aliphatic heterocycles. The van der Waals surface area contributed by atoms with Crippen LogP contribution in [0.5, 0.6) is 11.5 Å². The van der Waals surface area contributed by atoms with Crippen molar-refractivity contribution >= 4 is 37.5 Å². The number of sulfonamides is 1. The van der Waals surface area contributed by atoms with E-state index in [-0.39, 0.29) is 4.90 Å². The normalized spacial score (nSPS) is 12.3. The Morgan fingerprint density at radius 1 is 1.13 bits per heavy atom. The summed E-state index contributed by atoms with van der Waals surface area (Å²) in [5.74, 6) is 0.453. The molecule has 0 aliphatic carbocycles. The van der Waals surface area contributed by atoms with Crippen molar-refractivity contribution in [1.29, 1.82) is 0 Å². The van der Waals surface area contributed by atoms with E-state index in [1.165, 1.54) is 37.7 Å². The third kappa shape index (κ3) is 5.13. The minimum Gasteiger partial charge on any atom is -0.493 e. The van der Waals surface area contributed by atoms with Crippen LogP contribution in [0.4, 0.5) is 0 Å². The zero-order valence-electron chi connectivity index (χ0n) is 17.3. The number of hydrogen-bond donors (Lipinski definition) is 1. The average molecular weight is 466 g/mol. The van der Waals surface area contributed by atoms with Gasteiger partial charge in [-0.15, -0.1) is 0 Å². The number of primary sulfonamides is 1. The lowest BCUT2D eigenvalue weighted by atomic mass is 10.2. The smallest absolute Gasteiger partial charge is 0.279 e. The van der Waals surface area contributed by atoms with Gasteiger partial charge in [-0.1, -0.05) is 11.3 Å². The molecule has 3 rings (SSSR count). The Labute approximate surface area is 183 Å². The molecule has 31 heavy (non-hydrogen) atoms. The summed E-state index contributed by atoms with van der Waals surface area (Å²) in [6.45, 7) is 3.30. The maximum absolute atomic E-state index is 12.9. The summed E-state index contributed by atoms with van der Waals surface area (Å²) in [5.41, 5.74) is 1.06. The molecule has 0 saturated carbocycles. The van der Waals surface area contributed by atoms with E-state index in [0.29, 0.717) is 46.3 Å². The standard InChI is InChI=1S/C20H23N3O6S2/c1-4-29-10-9-23-15-7-6-14(31(21,25)26)12-18(15)30-20(23)22-19(24)13-5-8-16(27-2)17(11-13)28-3/h5-8,11-12H,4,9-10H2,1-3H3,(H2,21,25,26). The molecule has 0 spiro atoms. The number of carbonyl (C=O) groups is 1. The van der Waals surface area contributed by atoms with Crippen LogP contribution in [0.2, 0.25) is 0 Å². The number of amides is 1. The average Bonchev–Trinajstić information content (AvgIpc) is 3.09. The first kappa shape index (κ1) is 22.9. The summed E-state index contributed by atoms with van der Waals surface area (Å²) >= 11 is 1.20. The van der Waals surface area contributed by atoms with Crippen molar-refractivity contribution in [3.05, 3.63) is 46.8 Å². The molecule has 0 saturated heterocycles. The van der Waals surface area contributed by atoms with Crippen LogP contribution in [0.25, 0.3) is 10.2 Å². The van der Waals surface area contributed by atoms with Gasteiger partial charge >= 0.3 is 0 Å². The summed E-state index contributed by atoms with van der Waals surface area (Å²) in [7, 11) is -0.852. The van der Waals surface area contributed by atoms with Crippen molar-refractivity contribution in [1.82, 2.24) is 4.57 Å². The van der Waals surface area contributed by atoms with E-state index in [0.717, 1.165) is 5.52 Å². The summed E-state index contributed by atoms with van der Waals surface area (Å²) < 4.78 is 41.8. The van der Waals surface area contributed by atoms with Crippen LogP contribution < -0.4 is 19.4 Å². The second-order valence-corrected chi connectivity index (χ2v) is 8.96. The number of nitrogens with two attached hydrogens (primary N) is 1. The van der Waals surface area contributed by atoms with Gasteiger partial charge in [0, 0.05) is 18.7 Å². The highest BCUT2D eigenvalue weighted by molar-refractivity contribution is 7.89. The Morgan fingerprint density at radius 3 is 2.52 bits per heavy atom. The van der Waals surface area contributed by atoms with E-state index in [4.69, 9.17) is 19.3 Å². The molecule has 166 valence electrons. The van der Waals surface area contributed by atoms with Gasteiger partial charge in [-0.25, -0.2) is 13.6 Å². The molecule has 1 aromatic heterocycles. The predicted octanol–water partition coefficient (Wildman–Crippen LogP) is 2.14. The van der Waals surface area contributed by atoms with Crippen LogP contribution in [0.3, 0.4) is 0 Å². The number of aromatic nitrogens is 1. The molecule has 1 amide bonds. The van der Waals surface area contributed by atoms with Crippen LogP contribution in [-0.4, -0.2) is 46.3 Å². The molecule has 0 atom stereocenters. The Bertz CT molecular complexity index is 1280. The second kappa shape index (κ2) is 9.60. The number of nitrogens with zero attached hydrogens (tertiary/aromatic N) is 2. The van der Waals surface area contributed by atoms with Gasteiger partial charge in [-0.3, -0.25) is 4.79 Å². The number of benzene rings is 2. The molecule has 1 heterocycles. The van der Waals surface area contributed by atoms with E-state index in [2.05, 4.69) is 4.99 Å². The lowest BCUT2D eigenvalue weighted by Gasteiger charge is -2.08. The van der Waals surface area contributed by atoms with Crippen molar-refractivity contribution < 1.29 is 27.4 Å². The van der Waals surface area contributed by atoms with Crippen molar-refractivity contribution in [2.75, 3.05) is 27.4 Å². The highest BCUT2D eigenvalue weighted by Gasteiger charge is 2.15. The van der Waals surface area contributed by atoms with E-state index < -0.39 is 15.9 Å². The first-order chi connectivity index (χ1) is 14.8. The molecule has 11 heteroatoms. The van der Waals surface area contributed by atoms with Crippen molar-refractivity contribution in [2.24, 2.45) is 10.1 Å². The predicted molar refractivity (Wildman–Crippen MR) is 117 cm³/mol. The lowest BCUT2D eigenvalue weighted by molar-refractivity contribution is 0.0996. The van der Waals surface area contributed by atoms with Crippen LogP contribution in [0, 0.1) is 0 Å². The van der Waals surface area contributed by atoms with Gasteiger partial charge in [0.2, 0.25) is 10.0 Å². The van der Waals surface area contributed by atoms with Crippen LogP contribution in [-0.2, 0) is 21.3 Å². The Morgan fingerprint density at radius 2 is 1.87 bits per heavy atom. The first-order valence-electron chi connectivity index (χ1n) is 9.33. The third-order valence-corrected chi connectivity index (χ3v) is 6.43. The third-order valence-electron chi connectivity index (χ3n) is 4.47. The van der Waals surface area contributed by atoms with E-state index in [1.807, 2.05) is 11.5 Å². The summed E-state index contributed by atoms with van der Waals surface area (Å²) in [6.07, 6.45) is 0. The summed E-state index contributed by atoms with van der Waals surface area (Å²) in [6, 6.07) is 9.35. The largest absolute Gasteiger partial charge is 0.493 e. The van der Waals surface area contributed by atoms with Gasteiger partial charge in [-0.2, -0.15) is 4.99 Å². The van der Waals surface area contributed by atoms with Crippen molar-refractivity contribution in [2.45, 2.75) is 18.4 Å². The second-order valence-electron chi connectivity index (χ2n) is 6.39. The monoisotopic (exact) mass is 465 g/mol. The molecule has 2 N–H and O–H groups in total. The molecular formula is C20H23N3O6S2. The maximum atomic E-state index is 12.9. The minimum atomic E-state index is -3.85. The molecule has 0 bridgehead atoms. The lowest BCUT2D eigenvalue weighted by Crippen LogP contribution is -2.19. The van der Waals surface area contributed by atoms with Crippen LogP contribution >= 0.6 is 11.3 Å². The molecular weight excluding hydrogens is 442 g/mol. The fraction of sp³-hybridized carbons (Fsp3) is 0.300. The zero-order chi connectivity index (χ0) is 22.6. The zero-order valence-corrected chi connectivity index (χ0v) is 19.0. The van der Waals surface area contributed by atoms with Gasteiger partial charge in [0.15, 0.2) is 16.3 Å². The van der Waals surface area contributed by atoms with Gasteiger partial charge < -0.3 is 18.8 Å². The van der Waals surface area contributed by atoms with Crippen LogP contribution in [0.15, 0.2) is 46.3 Å². The van der Waals surface area contributed by atoms with E-state index in [9.17, 15) is 13.2 Å². The molecule has 0 aliphatic rings. The van der Waals surface area contributed by atoms with Crippen molar-refractivity contribution in [3.63, 3.8) is 0 Å². The Hall–Kier alpha value is -2.73. The molecule has 0 radical (unpaired) electrons. The number of methoxy groups -OCH3 is 2. The highest BCUT2D eigenvalue weighted by Crippen LogP contribution is 2.28. The molecule has 3 aromatic rings. The van der Waals surface area contributed by atoms with E-state index >= 15 is 0 Å².